The van der Waals surface area contributed by atoms with Gasteiger partial charge in [-0.25, -0.2) is 9.97 Å². The lowest BCUT2D eigenvalue weighted by Gasteiger charge is -2.34. The van der Waals surface area contributed by atoms with Gasteiger partial charge in [0.05, 0.1) is 5.52 Å². The van der Waals surface area contributed by atoms with Gasteiger partial charge in [0.15, 0.2) is 0 Å². The van der Waals surface area contributed by atoms with E-state index in [1.54, 1.807) is 6.33 Å². The highest BCUT2D eigenvalue weighted by Gasteiger charge is 2.26. The molecule has 0 aliphatic heterocycles. The molecular formula is C16H22BrN3. The van der Waals surface area contributed by atoms with Crippen LogP contribution in [0.4, 0.5) is 5.82 Å². The van der Waals surface area contributed by atoms with Crippen molar-refractivity contribution in [3.8, 4) is 0 Å². The number of aromatic nitrogens is 2. The highest BCUT2D eigenvalue weighted by molar-refractivity contribution is 9.10. The van der Waals surface area contributed by atoms with Crippen molar-refractivity contribution in [2.24, 2.45) is 5.41 Å². The maximum atomic E-state index is 4.42. The lowest BCUT2D eigenvalue weighted by molar-refractivity contribution is 0.302. The Hall–Kier alpha value is -1.16. The van der Waals surface area contributed by atoms with Gasteiger partial charge in [-0.3, -0.25) is 0 Å². The third kappa shape index (κ3) is 3.69. The van der Waals surface area contributed by atoms with Gasteiger partial charge in [0.1, 0.15) is 12.1 Å². The Labute approximate surface area is 129 Å². The molecular weight excluding hydrogens is 314 g/mol. The highest BCUT2D eigenvalue weighted by Crippen LogP contribution is 2.32. The average Bonchev–Trinajstić information content (AvgIpc) is 2.26. The molecule has 3 nitrogen and oxygen atoms in total. The number of rotatable bonds is 3. The first-order valence-electron chi connectivity index (χ1n) is 6.85. The number of nitrogens with zero attached hydrogens (tertiary/aromatic N) is 2. The van der Waals surface area contributed by atoms with Crippen molar-refractivity contribution in [1.82, 2.24) is 9.97 Å². The van der Waals surface area contributed by atoms with E-state index in [0.717, 1.165) is 27.6 Å². The first-order chi connectivity index (χ1) is 9.18. The summed E-state index contributed by atoms with van der Waals surface area (Å²) in [6.45, 7) is 11.2. The molecule has 0 spiro atoms. The van der Waals surface area contributed by atoms with Gasteiger partial charge in [0.25, 0.3) is 0 Å². The number of halogens is 1. The Bertz CT molecular complexity index is 615. The minimum absolute atomic E-state index is 0.0259. The zero-order chi connectivity index (χ0) is 15.0. The van der Waals surface area contributed by atoms with E-state index in [0.29, 0.717) is 0 Å². The second-order valence-corrected chi connectivity index (χ2v) is 7.96. The number of benzene rings is 1. The van der Waals surface area contributed by atoms with Gasteiger partial charge in [0.2, 0.25) is 0 Å². The van der Waals surface area contributed by atoms with Crippen LogP contribution >= 0.6 is 15.9 Å². The van der Waals surface area contributed by atoms with Crippen LogP contribution in [0.2, 0.25) is 0 Å². The van der Waals surface area contributed by atoms with Crippen LogP contribution in [0.1, 0.15) is 41.0 Å². The second-order valence-electron chi connectivity index (χ2n) is 7.10. The first-order valence-corrected chi connectivity index (χ1v) is 7.65. The van der Waals surface area contributed by atoms with E-state index in [-0.39, 0.29) is 11.0 Å². The van der Waals surface area contributed by atoms with Crippen molar-refractivity contribution >= 4 is 32.7 Å². The van der Waals surface area contributed by atoms with Crippen molar-refractivity contribution < 1.29 is 0 Å². The van der Waals surface area contributed by atoms with Crippen LogP contribution in [0, 0.1) is 5.41 Å². The van der Waals surface area contributed by atoms with Gasteiger partial charge in [-0.2, -0.15) is 0 Å². The molecule has 108 valence electrons. The summed E-state index contributed by atoms with van der Waals surface area (Å²) in [7, 11) is 0. The fourth-order valence-corrected chi connectivity index (χ4v) is 3.31. The zero-order valence-electron chi connectivity index (χ0n) is 12.8. The van der Waals surface area contributed by atoms with Crippen LogP contribution in [0.5, 0.6) is 0 Å². The third-order valence-electron chi connectivity index (χ3n) is 3.04. The lowest BCUT2D eigenvalue weighted by Crippen LogP contribution is -2.35. The standard InChI is InChI=1S/C16H22BrN3/c1-15(2,3)9-16(4,5)20-14-11-7-6-8-12(17)13(11)18-10-19-14/h6-8,10H,9H2,1-5H3,(H,18,19,20). The Kier molecular flexibility index (Phi) is 4.05. The normalized spacial score (nSPS) is 12.7. The van der Waals surface area contributed by atoms with Crippen LogP contribution in [-0.2, 0) is 0 Å². The number of hydrogen-bond acceptors (Lipinski definition) is 3. The quantitative estimate of drug-likeness (QED) is 0.855. The molecule has 2 rings (SSSR count). The SMILES string of the molecule is CC(C)(C)CC(C)(C)Nc1ncnc2c(Br)cccc12. The highest BCUT2D eigenvalue weighted by atomic mass is 79.9. The van der Waals surface area contributed by atoms with E-state index in [2.05, 4.69) is 71.9 Å². The van der Waals surface area contributed by atoms with E-state index in [4.69, 9.17) is 0 Å². The van der Waals surface area contributed by atoms with Crippen LogP contribution in [0.15, 0.2) is 29.0 Å². The molecule has 0 saturated heterocycles. The molecule has 4 heteroatoms. The van der Waals surface area contributed by atoms with E-state index >= 15 is 0 Å². The lowest BCUT2D eigenvalue weighted by atomic mass is 9.82. The molecule has 1 aromatic carbocycles. The van der Waals surface area contributed by atoms with Crippen LogP contribution in [0.3, 0.4) is 0 Å². The van der Waals surface area contributed by atoms with Gasteiger partial charge in [0, 0.05) is 15.4 Å². The van der Waals surface area contributed by atoms with Crippen molar-refractivity contribution in [3.63, 3.8) is 0 Å². The molecule has 2 aromatic rings. The minimum Gasteiger partial charge on any atom is -0.365 e. The average molecular weight is 336 g/mol. The molecule has 0 bridgehead atoms. The van der Waals surface area contributed by atoms with Crippen molar-refractivity contribution in [2.75, 3.05) is 5.32 Å². The van der Waals surface area contributed by atoms with Crippen LogP contribution in [-0.4, -0.2) is 15.5 Å². The van der Waals surface area contributed by atoms with Crippen molar-refractivity contribution in [1.29, 1.82) is 0 Å². The van der Waals surface area contributed by atoms with Gasteiger partial charge in [-0.15, -0.1) is 0 Å². The van der Waals surface area contributed by atoms with Gasteiger partial charge in [-0.1, -0.05) is 26.8 Å². The van der Waals surface area contributed by atoms with Crippen LogP contribution in [0.25, 0.3) is 10.9 Å². The molecule has 20 heavy (non-hydrogen) atoms. The van der Waals surface area contributed by atoms with Gasteiger partial charge >= 0.3 is 0 Å². The Morgan fingerprint density at radius 2 is 1.80 bits per heavy atom. The maximum absolute atomic E-state index is 4.42. The summed E-state index contributed by atoms with van der Waals surface area (Å²) in [5.41, 5.74) is 1.18. The molecule has 1 N–H and O–H groups in total. The number of fused-ring (bicyclic) bond motifs is 1. The van der Waals surface area contributed by atoms with E-state index in [1.807, 2.05) is 12.1 Å². The molecule has 0 aliphatic rings. The molecule has 0 fully saturated rings. The van der Waals surface area contributed by atoms with Gasteiger partial charge in [-0.05, 0) is 53.7 Å². The fourth-order valence-electron chi connectivity index (χ4n) is 2.84. The number of nitrogens with one attached hydrogen (secondary N) is 1. The molecule has 1 heterocycles. The van der Waals surface area contributed by atoms with E-state index in [9.17, 15) is 0 Å². The topological polar surface area (TPSA) is 37.8 Å². The number of hydrogen-bond donors (Lipinski definition) is 1. The Morgan fingerprint density at radius 1 is 1.10 bits per heavy atom. The summed E-state index contributed by atoms with van der Waals surface area (Å²) < 4.78 is 0.995. The van der Waals surface area contributed by atoms with Gasteiger partial charge < -0.3 is 5.32 Å². The maximum Gasteiger partial charge on any atom is 0.137 e. The molecule has 0 radical (unpaired) electrons. The first kappa shape index (κ1) is 15.2. The van der Waals surface area contributed by atoms with Crippen molar-refractivity contribution in [3.05, 3.63) is 29.0 Å². The molecule has 0 aliphatic carbocycles. The smallest absolute Gasteiger partial charge is 0.137 e. The number of anilines is 1. The Morgan fingerprint density at radius 3 is 2.45 bits per heavy atom. The monoisotopic (exact) mass is 335 g/mol. The molecule has 0 amide bonds. The summed E-state index contributed by atoms with van der Waals surface area (Å²) in [5, 5.41) is 4.62. The molecule has 0 saturated carbocycles. The Balaban J connectivity index is 2.37. The van der Waals surface area contributed by atoms with E-state index < -0.39 is 0 Å². The number of para-hydroxylation sites is 1. The largest absolute Gasteiger partial charge is 0.365 e. The molecule has 0 unspecified atom stereocenters. The van der Waals surface area contributed by atoms with Crippen LogP contribution < -0.4 is 5.32 Å². The predicted octanol–water partition coefficient (Wildman–Crippen LogP) is 5.02. The summed E-state index contributed by atoms with van der Waals surface area (Å²) in [5.74, 6) is 0.894. The molecule has 1 aromatic heterocycles. The van der Waals surface area contributed by atoms with E-state index in [1.165, 1.54) is 0 Å². The van der Waals surface area contributed by atoms with Crippen molar-refractivity contribution in [2.45, 2.75) is 46.6 Å². The molecule has 0 atom stereocenters. The summed E-state index contributed by atoms with van der Waals surface area (Å²) >= 11 is 3.54. The summed E-state index contributed by atoms with van der Waals surface area (Å²) in [4.78, 5) is 8.77. The fraction of sp³-hybridized carbons (Fsp3) is 0.500. The summed E-state index contributed by atoms with van der Waals surface area (Å²) in [6, 6.07) is 6.06. The third-order valence-corrected chi connectivity index (χ3v) is 3.68. The zero-order valence-corrected chi connectivity index (χ0v) is 14.4. The minimum atomic E-state index is -0.0259. The summed E-state index contributed by atoms with van der Waals surface area (Å²) in [6.07, 6.45) is 2.67. The predicted molar refractivity (Wildman–Crippen MR) is 89.0 cm³/mol. The second kappa shape index (κ2) is 5.32.